The number of fused-ring (bicyclic) bond motifs is 1. The van der Waals surface area contributed by atoms with Gasteiger partial charge in [0.25, 0.3) is 0 Å². The normalized spacial score (nSPS) is 12.5. The van der Waals surface area contributed by atoms with Gasteiger partial charge >= 0.3 is 0 Å². The molecule has 0 bridgehead atoms. The van der Waals surface area contributed by atoms with E-state index >= 15 is 0 Å². The van der Waals surface area contributed by atoms with Crippen LogP contribution in [0.15, 0.2) is 103 Å². The van der Waals surface area contributed by atoms with Crippen molar-refractivity contribution in [2.75, 3.05) is 0 Å². The zero-order valence-electron chi connectivity index (χ0n) is 18.0. The van der Waals surface area contributed by atoms with Crippen molar-refractivity contribution in [2.45, 2.75) is 26.2 Å². The van der Waals surface area contributed by atoms with Gasteiger partial charge in [-0.15, -0.1) is 0 Å². The van der Waals surface area contributed by atoms with Gasteiger partial charge in [0, 0.05) is 6.42 Å². The number of hydrogen-bond donors (Lipinski definition) is 0. The first-order chi connectivity index (χ1) is 15.3. The molecule has 0 spiro atoms. The monoisotopic (exact) mass is 399 g/mol. The van der Waals surface area contributed by atoms with Gasteiger partial charge in [0.1, 0.15) is 0 Å². The minimum absolute atomic E-state index is 1.14. The lowest BCUT2D eigenvalue weighted by atomic mass is 9.85. The Morgan fingerprint density at radius 1 is 0.581 bits per heavy atom. The summed E-state index contributed by atoms with van der Waals surface area (Å²) in [7, 11) is 0. The van der Waals surface area contributed by atoms with Crippen LogP contribution in [-0.2, 0) is 0 Å². The highest BCUT2D eigenvalue weighted by molar-refractivity contribution is 5.98. The number of rotatable bonds is 6. The van der Waals surface area contributed by atoms with Gasteiger partial charge < -0.3 is 0 Å². The summed E-state index contributed by atoms with van der Waals surface area (Å²) in [5.41, 5.74) is 11.9. The topological polar surface area (TPSA) is 0 Å². The van der Waals surface area contributed by atoms with Gasteiger partial charge in [-0.3, -0.25) is 0 Å². The molecule has 4 aromatic carbocycles. The zero-order valence-corrected chi connectivity index (χ0v) is 18.0. The zero-order chi connectivity index (χ0) is 21.0. The van der Waals surface area contributed by atoms with Crippen LogP contribution in [0.25, 0.3) is 39.5 Å². The Bertz CT molecular complexity index is 1210. The average Bonchev–Trinajstić information content (AvgIpc) is 3.26. The fourth-order valence-electron chi connectivity index (χ4n) is 4.59. The van der Waals surface area contributed by atoms with E-state index in [-0.39, 0.29) is 0 Å². The molecule has 0 heteroatoms. The molecule has 0 nitrogen and oxygen atoms in total. The highest BCUT2D eigenvalue weighted by Crippen LogP contribution is 2.45. The summed E-state index contributed by atoms with van der Waals surface area (Å²) in [5.74, 6) is 0. The SMILES string of the molecule is CCCCC1=Cc2c(ccc(-c3ccccc3)c2-c2ccccc2-c2ccccc2)[CH]1. The van der Waals surface area contributed by atoms with Gasteiger partial charge in [0.15, 0.2) is 0 Å². The summed E-state index contributed by atoms with van der Waals surface area (Å²) in [5, 5.41) is 0. The van der Waals surface area contributed by atoms with E-state index in [4.69, 9.17) is 0 Å². The van der Waals surface area contributed by atoms with Gasteiger partial charge in [0.05, 0.1) is 0 Å². The summed E-state index contributed by atoms with van der Waals surface area (Å²) < 4.78 is 0. The van der Waals surface area contributed by atoms with Crippen LogP contribution in [0.5, 0.6) is 0 Å². The van der Waals surface area contributed by atoms with Crippen LogP contribution in [0, 0.1) is 6.42 Å². The molecule has 31 heavy (non-hydrogen) atoms. The molecule has 151 valence electrons. The predicted molar refractivity (Wildman–Crippen MR) is 134 cm³/mol. The molecule has 0 unspecified atom stereocenters. The highest BCUT2D eigenvalue weighted by atomic mass is 14.3. The van der Waals surface area contributed by atoms with Crippen LogP contribution >= 0.6 is 0 Å². The molecule has 0 aromatic heterocycles. The molecule has 5 rings (SSSR count). The number of benzene rings is 4. The summed E-state index contributed by atoms with van der Waals surface area (Å²) in [6.45, 7) is 2.26. The Kier molecular flexibility index (Phi) is 5.54. The standard InChI is InChI=1S/C31H27/c1-2-3-12-23-21-26-19-20-28(25-15-8-5-9-16-25)31(30(26)22-23)29-18-11-10-17-27(29)24-13-6-4-7-14-24/h4-11,13-22H,2-3,12H2,1H3. The first-order valence-corrected chi connectivity index (χ1v) is 11.3. The van der Waals surface area contributed by atoms with E-state index in [1.165, 1.54) is 62.9 Å². The van der Waals surface area contributed by atoms with Crippen molar-refractivity contribution in [3.8, 4) is 33.4 Å². The minimum atomic E-state index is 1.14. The molecule has 0 heterocycles. The lowest BCUT2D eigenvalue weighted by molar-refractivity contribution is 0.797. The van der Waals surface area contributed by atoms with Crippen LogP contribution in [0.1, 0.15) is 37.3 Å². The first-order valence-electron chi connectivity index (χ1n) is 11.3. The molecule has 1 aliphatic rings. The van der Waals surface area contributed by atoms with Crippen molar-refractivity contribution in [1.82, 2.24) is 0 Å². The van der Waals surface area contributed by atoms with Gasteiger partial charge in [0.2, 0.25) is 0 Å². The maximum absolute atomic E-state index is 2.43. The van der Waals surface area contributed by atoms with E-state index in [1.54, 1.807) is 0 Å². The molecular weight excluding hydrogens is 372 g/mol. The Labute approximate surface area is 185 Å². The lowest BCUT2D eigenvalue weighted by Gasteiger charge is -2.18. The molecule has 4 aromatic rings. The molecule has 0 amide bonds. The Morgan fingerprint density at radius 2 is 1.19 bits per heavy atom. The van der Waals surface area contributed by atoms with Crippen LogP contribution in [0.2, 0.25) is 0 Å². The summed E-state index contributed by atoms with van der Waals surface area (Å²) >= 11 is 0. The molecule has 0 aliphatic heterocycles. The van der Waals surface area contributed by atoms with Crippen molar-refractivity contribution in [2.24, 2.45) is 0 Å². The van der Waals surface area contributed by atoms with E-state index in [1.807, 2.05) is 0 Å². The van der Waals surface area contributed by atoms with E-state index in [0.717, 1.165) is 6.42 Å². The van der Waals surface area contributed by atoms with Crippen molar-refractivity contribution in [3.63, 3.8) is 0 Å². The van der Waals surface area contributed by atoms with Gasteiger partial charge in [-0.25, -0.2) is 0 Å². The minimum Gasteiger partial charge on any atom is -0.0654 e. The summed E-state index contributed by atoms with van der Waals surface area (Å²) in [4.78, 5) is 0. The first kappa shape index (κ1) is 19.6. The van der Waals surface area contributed by atoms with Crippen molar-refractivity contribution < 1.29 is 0 Å². The third kappa shape index (κ3) is 3.86. The summed E-state index contributed by atoms with van der Waals surface area (Å²) in [6, 6.07) is 35.0. The second-order valence-corrected chi connectivity index (χ2v) is 8.24. The highest BCUT2D eigenvalue weighted by Gasteiger charge is 2.22. The lowest BCUT2D eigenvalue weighted by Crippen LogP contribution is -1.94. The van der Waals surface area contributed by atoms with Gasteiger partial charge in [-0.05, 0) is 57.3 Å². The largest absolute Gasteiger partial charge is 0.0654 e. The molecule has 0 N–H and O–H groups in total. The quantitative estimate of drug-likeness (QED) is 0.304. The maximum atomic E-state index is 2.43. The third-order valence-corrected chi connectivity index (χ3v) is 6.13. The summed E-state index contributed by atoms with van der Waals surface area (Å²) in [6.07, 6.45) is 8.41. The fraction of sp³-hybridized carbons (Fsp3) is 0.129. The third-order valence-electron chi connectivity index (χ3n) is 6.13. The van der Waals surface area contributed by atoms with Crippen LogP contribution in [-0.4, -0.2) is 0 Å². The number of unbranched alkanes of at least 4 members (excludes halogenated alkanes) is 1. The Morgan fingerprint density at radius 3 is 1.87 bits per heavy atom. The van der Waals surface area contributed by atoms with E-state index in [2.05, 4.69) is 116 Å². The van der Waals surface area contributed by atoms with E-state index in [9.17, 15) is 0 Å². The number of hydrogen-bond acceptors (Lipinski definition) is 0. The molecular formula is C31H27. The second-order valence-electron chi connectivity index (χ2n) is 8.24. The molecule has 1 aliphatic carbocycles. The molecule has 0 saturated heterocycles. The van der Waals surface area contributed by atoms with Crippen molar-refractivity contribution in [1.29, 1.82) is 0 Å². The van der Waals surface area contributed by atoms with E-state index in [0.29, 0.717) is 0 Å². The van der Waals surface area contributed by atoms with Gasteiger partial charge in [-0.1, -0.05) is 122 Å². The van der Waals surface area contributed by atoms with Gasteiger partial charge in [-0.2, -0.15) is 0 Å². The molecule has 0 saturated carbocycles. The van der Waals surface area contributed by atoms with Crippen molar-refractivity contribution >= 4 is 6.08 Å². The average molecular weight is 400 g/mol. The Hall–Kier alpha value is -3.38. The Balaban J connectivity index is 1.76. The van der Waals surface area contributed by atoms with Crippen LogP contribution in [0.3, 0.4) is 0 Å². The smallest absolute Gasteiger partial charge is 0.0164 e. The molecule has 1 radical (unpaired) electrons. The molecule has 0 atom stereocenters. The number of allylic oxidation sites excluding steroid dienone is 1. The maximum Gasteiger partial charge on any atom is 0.0164 e. The second kappa shape index (κ2) is 8.78. The van der Waals surface area contributed by atoms with Crippen molar-refractivity contribution in [3.05, 3.63) is 120 Å². The predicted octanol–water partition coefficient (Wildman–Crippen LogP) is 8.83. The van der Waals surface area contributed by atoms with E-state index < -0.39 is 0 Å². The fourth-order valence-corrected chi connectivity index (χ4v) is 4.59. The molecule has 0 fully saturated rings. The van der Waals surface area contributed by atoms with Crippen LogP contribution < -0.4 is 0 Å². The van der Waals surface area contributed by atoms with Crippen LogP contribution in [0.4, 0.5) is 0 Å².